The van der Waals surface area contributed by atoms with E-state index in [9.17, 15) is 13.2 Å². The van der Waals surface area contributed by atoms with E-state index >= 15 is 0 Å². The summed E-state index contributed by atoms with van der Waals surface area (Å²) < 4.78 is 40.2. The number of benzene rings is 3. The average Bonchev–Trinajstić information content (AvgIpc) is 3.39. The van der Waals surface area contributed by atoms with Crippen molar-refractivity contribution >= 4 is 28.0 Å². The van der Waals surface area contributed by atoms with Crippen molar-refractivity contribution in [3.63, 3.8) is 0 Å². The SMILES string of the molecule is Cn1cc(-c2ccc3c(c2)ncn3-c2cc(NS(=O)O)cc(-c3ccc(F)cc3)c2)cn1. The predicted octanol–water partition coefficient (Wildman–Crippen LogP) is 4.78. The second kappa shape index (κ2) is 8.03. The number of fused-ring (bicyclic) bond motifs is 1. The van der Waals surface area contributed by atoms with Crippen LogP contribution in [0.1, 0.15) is 0 Å². The van der Waals surface area contributed by atoms with E-state index in [1.54, 1.807) is 41.5 Å². The van der Waals surface area contributed by atoms with E-state index in [1.165, 1.54) is 12.1 Å². The highest BCUT2D eigenvalue weighted by Crippen LogP contribution is 2.30. The van der Waals surface area contributed by atoms with Crippen LogP contribution in [0.15, 0.2) is 79.4 Å². The van der Waals surface area contributed by atoms with Gasteiger partial charge in [0.2, 0.25) is 0 Å². The lowest BCUT2D eigenvalue weighted by molar-refractivity contribution is 0.570. The van der Waals surface area contributed by atoms with Crippen LogP contribution in [0.3, 0.4) is 0 Å². The molecule has 1 unspecified atom stereocenters. The number of halogens is 1. The first kappa shape index (κ1) is 20.1. The Balaban J connectivity index is 1.62. The summed E-state index contributed by atoms with van der Waals surface area (Å²) in [6.45, 7) is 0. The Labute approximate surface area is 185 Å². The highest BCUT2D eigenvalue weighted by molar-refractivity contribution is 7.80. The Morgan fingerprint density at radius 2 is 1.75 bits per heavy atom. The number of rotatable bonds is 5. The van der Waals surface area contributed by atoms with Gasteiger partial charge in [0.05, 0.1) is 22.9 Å². The number of hydrogen-bond donors (Lipinski definition) is 2. The van der Waals surface area contributed by atoms with Crippen LogP contribution in [0.25, 0.3) is 39.0 Å². The van der Waals surface area contributed by atoms with Crippen LogP contribution in [0.5, 0.6) is 0 Å². The molecule has 5 rings (SSSR count). The molecule has 0 bridgehead atoms. The van der Waals surface area contributed by atoms with Gasteiger partial charge in [0.25, 0.3) is 11.3 Å². The molecule has 2 N–H and O–H groups in total. The lowest BCUT2D eigenvalue weighted by Crippen LogP contribution is -2.03. The smallest absolute Gasteiger partial charge is 0.259 e. The standard InChI is InChI=1S/C23H18FN5O2S/c1-28-13-18(12-26-28)16-4-7-23-22(10-16)25-14-29(23)21-9-17(8-20(11-21)27-32(30)31)15-2-5-19(24)6-3-15/h2-14,27H,1H3,(H,30,31). The Morgan fingerprint density at radius 1 is 0.969 bits per heavy atom. The van der Waals surface area contributed by atoms with Gasteiger partial charge in [-0.25, -0.2) is 13.6 Å². The van der Waals surface area contributed by atoms with Crippen molar-refractivity contribution in [2.45, 2.75) is 0 Å². The van der Waals surface area contributed by atoms with Crippen LogP contribution in [0.4, 0.5) is 10.1 Å². The Kier molecular flexibility index (Phi) is 5.04. The van der Waals surface area contributed by atoms with Crippen LogP contribution in [-0.2, 0) is 18.3 Å². The fourth-order valence-electron chi connectivity index (χ4n) is 3.69. The molecule has 0 radical (unpaired) electrons. The number of anilines is 1. The van der Waals surface area contributed by atoms with Gasteiger partial charge in [-0.15, -0.1) is 0 Å². The zero-order chi connectivity index (χ0) is 22.2. The molecule has 7 nitrogen and oxygen atoms in total. The number of hydrogen-bond acceptors (Lipinski definition) is 3. The summed E-state index contributed by atoms with van der Waals surface area (Å²) in [7, 11) is 1.87. The van der Waals surface area contributed by atoms with Gasteiger partial charge in [-0.1, -0.05) is 18.2 Å². The van der Waals surface area contributed by atoms with E-state index in [0.717, 1.165) is 39.0 Å². The van der Waals surface area contributed by atoms with Crippen molar-refractivity contribution in [1.29, 1.82) is 0 Å². The molecule has 1 atom stereocenters. The molecule has 160 valence electrons. The van der Waals surface area contributed by atoms with Crippen LogP contribution >= 0.6 is 0 Å². The van der Waals surface area contributed by atoms with E-state index < -0.39 is 11.3 Å². The minimum absolute atomic E-state index is 0.329. The minimum atomic E-state index is -2.23. The number of nitrogens with zero attached hydrogens (tertiary/aromatic N) is 4. The van der Waals surface area contributed by atoms with E-state index in [0.29, 0.717) is 5.69 Å². The molecule has 9 heteroatoms. The molecule has 0 aliphatic carbocycles. The molecule has 3 aromatic carbocycles. The summed E-state index contributed by atoms with van der Waals surface area (Å²) in [6, 6.07) is 17.5. The minimum Gasteiger partial charge on any atom is -0.299 e. The van der Waals surface area contributed by atoms with E-state index in [1.807, 2.05) is 42.1 Å². The molecule has 32 heavy (non-hydrogen) atoms. The summed E-state index contributed by atoms with van der Waals surface area (Å²) in [5, 5.41) is 4.22. The highest BCUT2D eigenvalue weighted by atomic mass is 32.2. The van der Waals surface area contributed by atoms with Crippen molar-refractivity contribution in [2.75, 3.05) is 4.72 Å². The summed E-state index contributed by atoms with van der Waals surface area (Å²) in [6.07, 6.45) is 5.45. The van der Waals surface area contributed by atoms with Gasteiger partial charge in [-0.3, -0.25) is 18.5 Å². The van der Waals surface area contributed by atoms with Gasteiger partial charge < -0.3 is 0 Å². The van der Waals surface area contributed by atoms with Crippen molar-refractivity contribution in [3.8, 4) is 27.9 Å². The first-order valence-corrected chi connectivity index (χ1v) is 10.8. The van der Waals surface area contributed by atoms with Crippen LogP contribution in [-0.4, -0.2) is 28.1 Å². The second-order valence-corrected chi connectivity index (χ2v) is 8.05. The first-order valence-electron chi connectivity index (χ1n) is 9.71. The van der Waals surface area contributed by atoms with Crippen LogP contribution in [0, 0.1) is 5.82 Å². The van der Waals surface area contributed by atoms with Crippen LogP contribution in [0.2, 0.25) is 0 Å². The third-order valence-corrected chi connectivity index (χ3v) is 5.57. The second-order valence-electron chi connectivity index (χ2n) is 7.35. The molecule has 0 aliphatic rings. The summed E-state index contributed by atoms with van der Waals surface area (Å²) in [4.78, 5) is 4.55. The van der Waals surface area contributed by atoms with Gasteiger partial charge in [0.15, 0.2) is 0 Å². The average molecular weight is 447 g/mol. The third kappa shape index (κ3) is 3.91. The summed E-state index contributed by atoms with van der Waals surface area (Å²) >= 11 is -2.23. The molecule has 2 aromatic heterocycles. The van der Waals surface area contributed by atoms with Gasteiger partial charge >= 0.3 is 0 Å². The van der Waals surface area contributed by atoms with E-state index in [-0.39, 0.29) is 5.82 Å². The molecule has 0 saturated carbocycles. The zero-order valence-corrected chi connectivity index (χ0v) is 17.8. The maximum atomic E-state index is 13.4. The van der Waals surface area contributed by atoms with Crippen LogP contribution < -0.4 is 4.72 Å². The Hall–Kier alpha value is -3.82. The Bertz CT molecular complexity index is 1460. The van der Waals surface area contributed by atoms with Gasteiger partial charge in [0, 0.05) is 24.5 Å². The number of aryl methyl sites for hydroxylation is 1. The van der Waals surface area contributed by atoms with E-state index in [2.05, 4.69) is 14.8 Å². The normalized spacial score (nSPS) is 12.2. The lowest BCUT2D eigenvalue weighted by atomic mass is 10.0. The molecule has 5 aromatic rings. The molecular formula is C23H18FN5O2S. The number of nitrogens with one attached hydrogen (secondary N) is 1. The lowest BCUT2D eigenvalue weighted by Gasteiger charge is -2.12. The fraction of sp³-hybridized carbons (Fsp3) is 0.0435. The first-order chi connectivity index (χ1) is 15.5. The molecule has 0 aliphatic heterocycles. The molecule has 0 amide bonds. The fourth-order valence-corrected chi connectivity index (χ4v) is 4.01. The van der Waals surface area contributed by atoms with Crippen molar-refractivity contribution < 1.29 is 13.2 Å². The van der Waals surface area contributed by atoms with Gasteiger partial charge in [-0.05, 0) is 59.2 Å². The maximum Gasteiger partial charge on any atom is 0.259 e. The van der Waals surface area contributed by atoms with Gasteiger partial charge in [-0.2, -0.15) is 5.10 Å². The van der Waals surface area contributed by atoms with Crippen molar-refractivity contribution in [2.24, 2.45) is 7.05 Å². The third-order valence-electron chi connectivity index (χ3n) is 5.16. The number of imidazole rings is 1. The zero-order valence-electron chi connectivity index (χ0n) is 16.9. The predicted molar refractivity (Wildman–Crippen MR) is 123 cm³/mol. The Morgan fingerprint density at radius 3 is 2.47 bits per heavy atom. The summed E-state index contributed by atoms with van der Waals surface area (Å²) in [5.74, 6) is -0.329. The molecular weight excluding hydrogens is 429 g/mol. The van der Waals surface area contributed by atoms with E-state index in [4.69, 9.17) is 0 Å². The monoisotopic (exact) mass is 447 g/mol. The summed E-state index contributed by atoms with van der Waals surface area (Å²) in [5.41, 5.74) is 6.44. The van der Waals surface area contributed by atoms with Gasteiger partial charge in [0.1, 0.15) is 12.1 Å². The maximum absolute atomic E-state index is 13.4. The highest BCUT2D eigenvalue weighted by Gasteiger charge is 2.11. The van der Waals surface area contributed by atoms with Crippen molar-refractivity contribution in [3.05, 3.63) is 85.2 Å². The molecule has 0 saturated heterocycles. The largest absolute Gasteiger partial charge is 0.299 e. The topological polar surface area (TPSA) is 85.0 Å². The molecule has 0 spiro atoms. The number of aromatic nitrogens is 4. The van der Waals surface area contributed by atoms with Crippen molar-refractivity contribution in [1.82, 2.24) is 19.3 Å². The molecule has 0 fully saturated rings. The molecule has 2 heterocycles. The quantitative estimate of drug-likeness (QED) is 0.380.